The number of carbonyl (C=O) groups is 1. The van der Waals surface area contributed by atoms with Crippen molar-refractivity contribution in [3.05, 3.63) is 48.3 Å². The highest BCUT2D eigenvalue weighted by molar-refractivity contribution is 5.85. The van der Waals surface area contributed by atoms with E-state index in [-0.39, 0.29) is 0 Å². The largest absolute Gasteiger partial charge is 0.478 e. The standard InChI is InChI=1S/C16H18N4O2/c17-7-2-8-19-15-11-18-10-14(20-15)13-4-1-3-12(9-13)5-6-16(21)22/h1,3-6,9-11H,2,7-8,17H2,(H,19,20)(H,21,22). The van der Waals surface area contributed by atoms with Gasteiger partial charge in [-0.15, -0.1) is 0 Å². The van der Waals surface area contributed by atoms with Crippen LogP contribution in [0.1, 0.15) is 12.0 Å². The Hall–Kier alpha value is -2.73. The number of hydrogen-bond donors (Lipinski definition) is 3. The molecule has 0 bridgehead atoms. The molecule has 4 N–H and O–H groups in total. The minimum absolute atomic E-state index is 0.623. The van der Waals surface area contributed by atoms with E-state index < -0.39 is 5.97 Å². The molecule has 1 aromatic heterocycles. The number of carboxylic acid groups (broad SMARTS) is 1. The molecule has 6 heteroatoms. The van der Waals surface area contributed by atoms with Crippen LogP contribution in [0.3, 0.4) is 0 Å². The normalized spacial score (nSPS) is 10.8. The molecule has 2 aromatic rings. The number of rotatable bonds is 7. The lowest BCUT2D eigenvalue weighted by molar-refractivity contribution is -0.131. The predicted molar refractivity (Wildman–Crippen MR) is 86.3 cm³/mol. The number of nitrogens with one attached hydrogen (secondary N) is 1. The third kappa shape index (κ3) is 4.68. The van der Waals surface area contributed by atoms with Crippen LogP contribution < -0.4 is 11.1 Å². The number of anilines is 1. The molecule has 0 atom stereocenters. The Kier molecular flexibility index (Phi) is 5.62. The Morgan fingerprint density at radius 3 is 3.00 bits per heavy atom. The van der Waals surface area contributed by atoms with E-state index in [9.17, 15) is 4.79 Å². The maximum atomic E-state index is 10.6. The molecule has 0 saturated heterocycles. The first-order valence-corrected chi connectivity index (χ1v) is 6.96. The first-order valence-electron chi connectivity index (χ1n) is 6.96. The van der Waals surface area contributed by atoms with Gasteiger partial charge in [0.2, 0.25) is 0 Å². The molecule has 1 aromatic carbocycles. The molecule has 0 aliphatic rings. The molecule has 0 fully saturated rings. The second kappa shape index (κ2) is 7.90. The second-order valence-electron chi connectivity index (χ2n) is 4.66. The highest BCUT2D eigenvalue weighted by atomic mass is 16.4. The van der Waals surface area contributed by atoms with E-state index in [4.69, 9.17) is 10.8 Å². The monoisotopic (exact) mass is 298 g/mol. The molecule has 0 spiro atoms. The molecule has 1 heterocycles. The zero-order valence-electron chi connectivity index (χ0n) is 12.1. The highest BCUT2D eigenvalue weighted by Gasteiger charge is 2.02. The van der Waals surface area contributed by atoms with Crippen molar-refractivity contribution in [1.82, 2.24) is 9.97 Å². The van der Waals surface area contributed by atoms with Gasteiger partial charge >= 0.3 is 5.97 Å². The van der Waals surface area contributed by atoms with Crippen molar-refractivity contribution in [2.75, 3.05) is 18.4 Å². The van der Waals surface area contributed by atoms with Crippen molar-refractivity contribution in [3.8, 4) is 11.3 Å². The highest BCUT2D eigenvalue weighted by Crippen LogP contribution is 2.19. The molecule has 0 unspecified atom stereocenters. The SMILES string of the molecule is NCCCNc1cncc(-c2cccc(C=CC(=O)O)c2)n1. The molecule has 0 aliphatic carbocycles. The summed E-state index contributed by atoms with van der Waals surface area (Å²) in [7, 11) is 0. The van der Waals surface area contributed by atoms with Gasteiger partial charge in [-0.1, -0.05) is 18.2 Å². The zero-order valence-corrected chi connectivity index (χ0v) is 12.1. The minimum Gasteiger partial charge on any atom is -0.478 e. The number of benzene rings is 1. The summed E-state index contributed by atoms with van der Waals surface area (Å²) in [5.74, 6) is -0.284. The minimum atomic E-state index is -0.976. The average Bonchev–Trinajstić information content (AvgIpc) is 2.54. The topological polar surface area (TPSA) is 101 Å². The van der Waals surface area contributed by atoms with Gasteiger partial charge < -0.3 is 16.2 Å². The molecule has 114 valence electrons. The van der Waals surface area contributed by atoms with Gasteiger partial charge in [-0.05, 0) is 30.7 Å². The summed E-state index contributed by atoms with van der Waals surface area (Å²) >= 11 is 0. The van der Waals surface area contributed by atoms with Gasteiger partial charge in [0.25, 0.3) is 0 Å². The Labute approximate surface area is 128 Å². The number of hydrogen-bond acceptors (Lipinski definition) is 5. The summed E-state index contributed by atoms with van der Waals surface area (Å²) < 4.78 is 0. The van der Waals surface area contributed by atoms with Crippen LogP contribution >= 0.6 is 0 Å². The van der Waals surface area contributed by atoms with Crippen molar-refractivity contribution in [3.63, 3.8) is 0 Å². The number of carboxylic acids is 1. The van der Waals surface area contributed by atoms with Crippen LogP contribution in [0, 0.1) is 0 Å². The third-order valence-corrected chi connectivity index (χ3v) is 2.92. The summed E-state index contributed by atoms with van der Waals surface area (Å²) in [5.41, 5.74) is 7.85. The van der Waals surface area contributed by atoms with E-state index in [1.54, 1.807) is 18.5 Å². The fraction of sp³-hybridized carbons (Fsp3) is 0.188. The average molecular weight is 298 g/mol. The van der Waals surface area contributed by atoms with E-state index >= 15 is 0 Å². The Bertz CT molecular complexity index is 671. The summed E-state index contributed by atoms with van der Waals surface area (Å²) in [6, 6.07) is 7.46. The smallest absolute Gasteiger partial charge is 0.328 e. The molecule has 0 saturated carbocycles. The van der Waals surface area contributed by atoms with Gasteiger partial charge in [0, 0.05) is 18.2 Å². The van der Waals surface area contributed by atoms with Crippen LogP contribution in [0.5, 0.6) is 0 Å². The van der Waals surface area contributed by atoms with Gasteiger partial charge in [-0.3, -0.25) is 4.98 Å². The van der Waals surface area contributed by atoms with E-state index in [0.717, 1.165) is 35.9 Å². The number of nitrogens with two attached hydrogens (primary N) is 1. The third-order valence-electron chi connectivity index (χ3n) is 2.92. The zero-order chi connectivity index (χ0) is 15.8. The molecule has 2 rings (SSSR count). The molecule has 0 radical (unpaired) electrons. The number of nitrogens with zero attached hydrogens (tertiary/aromatic N) is 2. The van der Waals surface area contributed by atoms with Gasteiger partial charge in [-0.2, -0.15) is 0 Å². The van der Waals surface area contributed by atoms with Crippen molar-refractivity contribution in [1.29, 1.82) is 0 Å². The Balaban J connectivity index is 2.19. The van der Waals surface area contributed by atoms with Crippen molar-refractivity contribution >= 4 is 17.9 Å². The van der Waals surface area contributed by atoms with Crippen LogP contribution in [-0.2, 0) is 4.79 Å². The van der Waals surface area contributed by atoms with Gasteiger partial charge in [-0.25, -0.2) is 9.78 Å². The van der Waals surface area contributed by atoms with Crippen molar-refractivity contribution in [2.24, 2.45) is 5.73 Å². The van der Waals surface area contributed by atoms with E-state index in [0.29, 0.717) is 12.4 Å². The van der Waals surface area contributed by atoms with Crippen LogP contribution in [0.15, 0.2) is 42.7 Å². The lowest BCUT2D eigenvalue weighted by Gasteiger charge is -2.07. The fourth-order valence-corrected chi connectivity index (χ4v) is 1.88. The quantitative estimate of drug-likeness (QED) is 0.534. The summed E-state index contributed by atoms with van der Waals surface area (Å²) in [4.78, 5) is 19.2. The first kappa shape index (κ1) is 15.7. The van der Waals surface area contributed by atoms with Crippen LogP contribution in [0.4, 0.5) is 5.82 Å². The lowest BCUT2D eigenvalue weighted by Crippen LogP contribution is -2.09. The number of aliphatic carboxylic acids is 1. The lowest BCUT2D eigenvalue weighted by atomic mass is 10.1. The summed E-state index contributed by atoms with van der Waals surface area (Å²) in [6.07, 6.45) is 6.85. The predicted octanol–water partition coefficient (Wildman–Crippen LogP) is 2.00. The van der Waals surface area contributed by atoms with E-state index in [2.05, 4.69) is 15.3 Å². The van der Waals surface area contributed by atoms with Crippen molar-refractivity contribution in [2.45, 2.75) is 6.42 Å². The van der Waals surface area contributed by atoms with Crippen LogP contribution in [0.2, 0.25) is 0 Å². The number of aromatic nitrogens is 2. The molecular formula is C16H18N4O2. The molecule has 0 amide bonds. The maximum Gasteiger partial charge on any atom is 0.328 e. The Morgan fingerprint density at radius 2 is 2.23 bits per heavy atom. The van der Waals surface area contributed by atoms with E-state index in [1.807, 2.05) is 24.3 Å². The summed E-state index contributed by atoms with van der Waals surface area (Å²) in [6.45, 7) is 1.37. The molecule has 22 heavy (non-hydrogen) atoms. The molecular weight excluding hydrogens is 280 g/mol. The van der Waals surface area contributed by atoms with Crippen molar-refractivity contribution < 1.29 is 9.90 Å². The molecule has 6 nitrogen and oxygen atoms in total. The maximum absolute atomic E-state index is 10.6. The first-order chi connectivity index (χ1) is 10.7. The van der Waals surface area contributed by atoms with Crippen LogP contribution in [-0.4, -0.2) is 34.1 Å². The Morgan fingerprint density at radius 1 is 1.36 bits per heavy atom. The molecule has 0 aliphatic heterocycles. The van der Waals surface area contributed by atoms with E-state index in [1.165, 1.54) is 0 Å². The van der Waals surface area contributed by atoms with Crippen LogP contribution in [0.25, 0.3) is 17.3 Å². The van der Waals surface area contributed by atoms with Gasteiger partial charge in [0.05, 0.1) is 18.1 Å². The second-order valence-corrected chi connectivity index (χ2v) is 4.66. The van der Waals surface area contributed by atoms with Gasteiger partial charge in [0.1, 0.15) is 5.82 Å². The fourth-order valence-electron chi connectivity index (χ4n) is 1.88. The van der Waals surface area contributed by atoms with Gasteiger partial charge in [0.15, 0.2) is 0 Å². The summed E-state index contributed by atoms with van der Waals surface area (Å²) in [5, 5.41) is 11.8.